The van der Waals surface area contributed by atoms with Crippen LogP contribution in [0.2, 0.25) is 0 Å². The lowest BCUT2D eigenvalue weighted by Crippen LogP contribution is -2.29. The van der Waals surface area contributed by atoms with Gasteiger partial charge >= 0.3 is 0 Å². The van der Waals surface area contributed by atoms with Crippen molar-refractivity contribution in [1.82, 2.24) is 20.3 Å². The molecule has 1 amide bonds. The quantitative estimate of drug-likeness (QED) is 0.625. The van der Waals surface area contributed by atoms with Gasteiger partial charge in [0.05, 0.1) is 11.9 Å². The Morgan fingerprint density at radius 3 is 3.06 bits per heavy atom. The number of nitrogens with zero attached hydrogens (tertiary/aromatic N) is 3. The Morgan fingerprint density at radius 2 is 2.47 bits per heavy atom. The number of nitrogens with two attached hydrogens (primary N) is 1. The molecular formula is C10H19N5O2. The number of carbonyl (C=O) groups excluding carboxylic acids is 1. The largest absolute Gasteiger partial charge is 0.385 e. The number of amides is 1. The Balaban J connectivity index is 2.29. The number of rotatable bonds is 7. The van der Waals surface area contributed by atoms with Crippen LogP contribution >= 0.6 is 0 Å². The highest BCUT2D eigenvalue weighted by atomic mass is 16.5. The third kappa shape index (κ3) is 4.92. The van der Waals surface area contributed by atoms with E-state index in [9.17, 15) is 4.79 Å². The number of methoxy groups -OCH3 is 1. The van der Waals surface area contributed by atoms with E-state index in [0.717, 1.165) is 6.42 Å². The van der Waals surface area contributed by atoms with Crippen molar-refractivity contribution in [2.24, 2.45) is 5.73 Å². The van der Waals surface area contributed by atoms with Crippen LogP contribution in [0.1, 0.15) is 25.1 Å². The summed E-state index contributed by atoms with van der Waals surface area (Å²) in [5.74, 6) is -0.0952. The minimum Gasteiger partial charge on any atom is -0.385 e. The third-order valence-electron chi connectivity index (χ3n) is 2.18. The maximum atomic E-state index is 11.5. The van der Waals surface area contributed by atoms with Crippen LogP contribution in [0.3, 0.4) is 0 Å². The van der Waals surface area contributed by atoms with Crippen molar-refractivity contribution >= 4 is 5.91 Å². The summed E-state index contributed by atoms with van der Waals surface area (Å²) in [6, 6.07) is -0.173. The molecule has 1 unspecified atom stereocenters. The van der Waals surface area contributed by atoms with Crippen molar-refractivity contribution in [3.63, 3.8) is 0 Å². The molecule has 96 valence electrons. The molecule has 7 heteroatoms. The lowest BCUT2D eigenvalue weighted by molar-refractivity contribution is -0.121. The molecule has 0 fully saturated rings. The molecule has 0 radical (unpaired) electrons. The van der Waals surface area contributed by atoms with E-state index in [2.05, 4.69) is 15.6 Å². The lowest BCUT2D eigenvalue weighted by Gasteiger charge is -2.04. The number of aromatic nitrogens is 3. The fourth-order valence-electron chi connectivity index (χ4n) is 1.25. The first-order valence-corrected chi connectivity index (χ1v) is 5.54. The van der Waals surface area contributed by atoms with Crippen LogP contribution in [-0.4, -0.2) is 41.2 Å². The summed E-state index contributed by atoms with van der Waals surface area (Å²) in [7, 11) is 1.63. The Kier molecular flexibility index (Phi) is 5.58. The zero-order valence-electron chi connectivity index (χ0n) is 10.2. The van der Waals surface area contributed by atoms with E-state index >= 15 is 0 Å². The van der Waals surface area contributed by atoms with Crippen molar-refractivity contribution in [2.75, 3.05) is 20.3 Å². The van der Waals surface area contributed by atoms with Crippen LogP contribution < -0.4 is 11.1 Å². The van der Waals surface area contributed by atoms with Gasteiger partial charge in [0.25, 0.3) is 0 Å². The van der Waals surface area contributed by atoms with Gasteiger partial charge in [-0.15, -0.1) is 5.10 Å². The van der Waals surface area contributed by atoms with Crippen LogP contribution in [0.4, 0.5) is 0 Å². The number of ether oxygens (including phenoxy) is 1. The molecule has 0 aromatic carbocycles. The standard InChI is InChI=1S/C10H19N5O2/c1-8(11)9-6-15(14-13-9)7-10(16)12-4-3-5-17-2/h6,8H,3-5,7,11H2,1-2H3,(H,12,16). The molecule has 7 nitrogen and oxygen atoms in total. The SMILES string of the molecule is COCCCNC(=O)Cn1cc(C(C)N)nn1. The van der Waals surface area contributed by atoms with Crippen LogP contribution in [0.5, 0.6) is 0 Å². The van der Waals surface area contributed by atoms with Crippen LogP contribution in [0.15, 0.2) is 6.20 Å². The summed E-state index contributed by atoms with van der Waals surface area (Å²) in [4.78, 5) is 11.5. The predicted molar refractivity (Wildman–Crippen MR) is 62.1 cm³/mol. The monoisotopic (exact) mass is 241 g/mol. The molecule has 0 aliphatic carbocycles. The van der Waals surface area contributed by atoms with Crippen molar-refractivity contribution < 1.29 is 9.53 Å². The third-order valence-corrected chi connectivity index (χ3v) is 2.18. The first-order chi connectivity index (χ1) is 8.13. The first-order valence-electron chi connectivity index (χ1n) is 5.54. The highest BCUT2D eigenvalue weighted by Crippen LogP contribution is 2.02. The molecule has 0 bridgehead atoms. The van der Waals surface area contributed by atoms with Gasteiger partial charge in [-0.05, 0) is 13.3 Å². The van der Waals surface area contributed by atoms with E-state index in [1.54, 1.807) is 13.3 Å². The highest BCUT2D eigenvalue weighted by molar-refractivity contribution is 5.75. The second-order valence-corrected chi connectivity index (χ2v) is 3.83. The zero-order valence-corrected chi connectivity index (χ0v) is 10.2. The lowest BCUT2D eigenvalue weighted by atomic mass is 10.3. The Bertz CT molecular complexity index is 350. The second-order valence-electron chi connectivity index (χ2n) is 3.83. The maximum Gasteiger partial charge on any atom is 0.241 e. The van der Waals surface area contributed by atoms with Crippen molar-refractivity contribution in [3.8, 4) is 0 Å². The normalized spacial score (nSPS) is 12.4. The molecular weight excluding hydrogens is 222 g/mol. The van der Waals surface area contributed by atoms with E-state index in [-0.39, 0.29) is 18.5 Å². The van der Waals surface area contributed by atoms with E-state index in [1.165, 1.54) is 4.68 Å². The van der Waals surface area contributed by atoms with Gasteiger partial charge in [0.2, 0.25) is 5.91 Å². The van der Waals surface area contributed by atoms with Gasteiger partial charge in [-0.25, -0.2) is 4.68 Å². The summed E-state index contributed by atoms with van der Waals surface area (Å²) >= 11 is 0. The van der Waals surface area contributed by atoms with Crippen molar-refractivity contribution in [1.29, 1.82) is 0 Å². The van der Waals surface area contributed by atoms with Crippen LogP contribution in [-0.2, 0) is 16.1 Å². The summed E-state index contributed by atoms with van der Waals surface area (Å²) < 4.78 is 6.36. The van der Waals surface area contributed by atoms with E-state index in [1.807, 2.05) is 6.92 Å². The van der Waals surface area contributed by atoms with Gasteiger partial charge in [-0.1, -0.05) is 5.21 Å². The van der Waals surface area contributed by atoms with E-state index in [0.29, 0.717) is 18.8 Å². The van der Waals surface area contributed by atoms with Crippen molar-refractivity contribution in [2.45, 2.75) is 25.9 Å². The average molecular weight is 241 g/mol. The zero-order chi connectivity index (χ0) is 12.7. The molecule has 0 aliphatic heterocycles. The van der Waals surface area contributed by atoms with Gasteiger partial charge in [0, 0.05) is 26.3 Å². The van der Waals surface area contributed by atoms with Gasteiger partial charge < -0.3 is 15.8 Å². The van der Waals surface area contributed by atoms with Gasteiger partial charge in [0.15, 0.2) is 0 Å². The molecule has 0 saturated heterocycles. The van der Waals surface area contributed by atoms with Crippen LogP contribution in [0, 0.1) is 0 Å². The molecule has 0 aliphatic rings. The highest BCUT2D eigenvalue weighted by Gasteiger charge is 2.07. The smallest absolute Gasteiger partial charge is 0.241 e. The number of hydrogen-bond donors (Lipinski definition) is 2. The van der Waals surface area contributed by atoms with E-state index < -0.39 is 0 Å². The molecule has 0 spiro atoms. The summed E-state index contributed by atoms with van der Waals surface area (Å²) in [5, 5.41) is 10.5. The number of hydrogen-bond acceptors (Lipinski definition) is 5. The molecule has 3 N–H and O–H groups in total. The summed E-state index contributed by atoms with van der Waals surface area (Å²) in [6.45, 7) is 3.21. The fraction of sp³-hybridized carbons (Fsp3) is 0.700. The number of nitrogens with one attached hydrogen (secondary N) is 1. The molecule has 0 saturated carbocycles. The Hall–Kier alpha value is -1.47. The van der Waals surface area contributed by atoms with Crippen molar-refractivity contribution in [3.05, 3.63) is 11.9 Å². The first kappa shape index (κ1) is 13.6. The molecule has 1 aromatic rings. The molecule has 1 heterocycles. The number of carbonyl (C=O) groups is 1. The fourth-order valence-corrected chi connectivity index (χ4v) is 1.25. The maximum absolute atomic E-state index is 11.5. The second kappa shape index (κ2) is 6.97. The minimum absolute atomic E-state index is 0.0952. The molecule has 1 rings (SSSR count). The van der Waals surface area contributed by atoms with E-state index in [4.69, 9.17) is 10.5 Å². The Morgan fingerprint density at radius 1 is 1.71 bits per heavy atom. The molecule has 17 heavy (non-hydrogen) atoms. The Labute approximate surface area is 100 Å². The van der Waals surface area contributed by atoms with Crippen LogP contribution in [0.25, 0.3) is 0 Å². The predicted octanol–water partition coefficient (Wildman–Crippen LogP) is -0.549. The molecule has 1 aromatic heterocycles. The van der Waals surface area contributed by atoms with Gasteiger partial charge in [-0.2, -0.15) is 0 Å². The summed E-state index contributed by atoms with van der Waals surface area (Å²) in [5.41, 5.74) is 6.32. The topological polar surface area (TPSA) is 95.1 Å². The summed E-state index contributed by atoms with van der Waals surface area (Å²) in [6.07, 6.45) is 2.48. The molecule has 1 atom stereocenters. The minimum atomic E-state index is -0.173. The average Bonchev–Trinajstić information content (AvgIpc) is 2.73. The van der Waals surface area contributed by atoms with Gasteiger partial charge in [-0.3, -0.25) is 4.79 Å². The van der Waals surface area contributed by atoms with Gasteiger partial charge in [0.1, 0.15) is 6.54 Å².